The Balaban J connectivity index is 1.44. The third-order valence-electron chi connectivity index (χ3n) is 4.43. The van der Waals surface area contributed by atoms with Gasteiger partial charge >= 0.3 is 0 Å². The number of thioether (sulfide) groups is 1. The van der Waals surface area contributed by atoms with E-state index in [2.05, 4.69) is 15.2 Å². The summed E-state index contributed by atoms with van der Waals surface area (Å²) in [5.41, 5.74) is 0.667. The number of pyridine rings is 1. The molecular formula is C18H23N3O2S. The van der Waals surface area contributed by atoms with Crippen molar-refractivity contribution in [1.29, 1.82) is 0 Å². The number of piperidine rings is 1. The number of amides is 1. The molecule has 1 aliphatic heterocycles. The topological polar surface area (TPSA) is 58.4 Å². The molecule has 3 rings (SSSR count). The van der Waals surface area contributed by atoms with Crippen molar-refractivity contribution in [1.82, 2.24) is 15.2 Å². The minimum atomic E-state index is -0.0227. The molecule has 0 spiro atoms. The second-order valence-electron chi connectivity index (χ2n) is 6.07. The highest BCUT2D eigenvalue weighted by Crippen LogP contribution is 2.20. The van der Waals surface area contributed by atoms with Crippen molar-refractivity contribution in [2.75, 3.05) is 25.9 Å². The smallest absolute Gasteiger partial charge is 0.254 e. The van der Waals surface area contributed by atoms with E-state index in [1.165, 1.54) is 11.8 Å². The summed E-state index contributed by atoms with van der Waals surface area (Å²) < 4.78 is 5.41. The van der Waals surface area contributed by atoms with Crippen LogP contribution in [0.15, 0.2) is 46.2 Å². The van der Waals surface area contributed by atoms with E-state index in [0.29, 0.717) is 11.5 Å². The maximum Gasteiger partial charge on any atom is 0.254 e. The van der Waals surface area contributed by atoms with E-state index < -0.39 is 0 Å². The van der Waals surface area contributed by atoms with Crippen LogP contribution in [0, 0.1) is 5.92 Å². The van der Waals surface area contributed by atoms with Crippen LogP contribution < -0.4 is 5.32 Å². The first-order chi connectivity index (χ1) is 11.8. The van der Waals surface area contributed by atoms with Crippen LogP contribution in [-0.2, 0) is 6.54 Å². The van der Waals surface area contributed by atoms with Gasteiger partial charge in [-0.3, -0.25) is 9.69 Å². The Hall–Kier alpha value is -1.79. The number of furan rings is 1. The van der Waals surface area contributed by atoms with Crippen molar-refractivity contribution < 1.29 is 9.21 Å². The predicted octanol–water partition coefficient (Wildman–Crippen LogP) is 3.04. The zero-order valence-corrected chi connectivity index (χ0v) is 14.7. The molecule has 0 aromatic carbocycles. The van der Waals surface area contributed by atoms with Gasteiger partial charge in [0.25, 0.3) is 5.91 Å². The van der Waals surface area contributed by atoms with Gasteiger partial charge in [0, 0.05) is 12.7 Å². The minimum absolute atomic E-state index is 0.0227. The van der Waals surface area contributed by atoms with E-state index in [9.17, 15) is 4.79 Å². The number of hydrogen-bond acceptors (Lipinski definition) is 5. The van der Waals surface area contributed by atoms with E-state index in [1.54, 1.807) is 12.5 Å². The molecule has 1 fully saturated rings. The molecule has 0 radical (unpaired) electrons. The molecule has 0 saturated carbocycles. The first kappa shape index (κ1) is 17.0. The lowest BCUT2D eigenvalue weighted by molar-refractivity contribution is 0.0930. The molecule has 2 aromatic rings. The Kier molecular flexibility index (Phi) is 5.93. The van der Waals surface area contributed by atoms with Crippen molar-refractivity contribution in [3.8, 4) is 0 Å². The van der Waals surface area contributed by atoms with E-state index >= 15 is 0 Å². The number of hydrogen-bond donors (Lipinski definition) is 1. The van der Waals surface area contributed by atoms with Crippen molar-refractivity contribution in [2.24, 2.45) is 5.92 Å². The molecule has 6 heteroatoms. The number of likely N-dealkylation sites (tertiary alicyclic amines) is 1. The molecule has 3 heterocycles. The van der Waals surface area contributed by atoms with Crippen molar-refractivity contribution in [2.45, 2.75) is 24.4 Å². The van der Waals surface area contributed by atoms with E-state index in [0.717, 1.165) is 49.8 Å². The van der Waals surface area contributed by atoms with Crippen LogP contribution in [0.1, 0.15) is 29.0 Å². The summed E-state index contributed by atoms with van der Waals surface area (Å²) >= 11 is 1.50. The van der Waals surface area contributed by atoms with Crippen LogP contribution >= 0.6 is 11.8 Å². The van der Waals surface area contributed by atoms with Gasteiger partial charge in [-0.2, -0.15) is 0 Å². The summed E-state index contributed by atoms with van der Waals surface area (Å²) in [7, 11) is 0. The molecule has 2 aromatic heterocycles. The quantitative estimate of drug-likeness (QED) is 0.816. The maximum absolute atomic E-state index is 12.4. The number of rotatable bonds is 6. The Morgan fingerprint density at radius 1 is 1.38 bits per heavy atom. The molecule has 1 saturated heterocycles. The van der Waals surface area contributed by atoms with E-state index in [1.807, 2.05) is 30.5 Å². The molecule has 24 heavy (non-hydrogen) atoms. The number of aromatic nitrogens is 1. The van der Waals surface area contributed by atoms with Crippen molar-refractivity contribution in [3.05, 3.63) is 48.0 Å². The van der Waals surface area contributed by atoms with Crippen molar-refractivity contribution in [3.63, 3.8) is 0 Å². The maximum atomic E-state index is 12.4. The fourth-order valence-corrected chi connectivity index (χ4v) is 3.58. The molecule has 0 aliphatic carbocycles. The van der Waals surface area contributed by atoms with Crippen LogP contribution in [0.4, 0.5) is 0 Å². The average Bonchev–Trinajstić information content (AvgIpc) is 3.14. The first-order valence-electron chi connectivity index (χ1n) is 8.28. The van der Waals surface area contributed by atoms with Crippen LogP contribution in [-0.4, -0.2) is 41.7 Å². The van der Waals surface area contributed by atoms with Gasteiger partial charge in [0.1, 0.15) is 10.8 Å². The van der Waals surface area contributed by atoms with Crippen LogP contribution in [0.3, 0.4) is 0 Å². The molecule has 0 bridgehead atoms. The van der Waals surface area contributed by atoms with Gasteiger partial charge in [-0.25, -0.2) is 4.98 Å². The molecule has 1 aliphatic rings. The fraction of sp³-hybridized carbons (Fsp3) is 0.444. The third kappa shape index (κ3) is 4.39. The summed E-state index contributed by atoms with van der Waals surface area (Å²) in [5.74, 6) is 1.53. The lowest BCUT2D eigenvalue weighted by atomic mass is 9.96. The summed E-state index contributed by atoms with van der Waals surface area (Å²) in [6.07, 6.45) is 7.58. The Morgan fingerprint density at radius 3 is 2.92 bits per heavy atom. The second kappa shape index (κ2) is 8.35. The normalized spacial score (nSPS) is 16.2. The molecule has 1 N–H and O–H groups in total. The number of carbonyl (C=O) groups is 1. The van der Waals surface area contributed by atoms with E-state index in [4.69, 9.17) is 4.42 Å². The minimum Gasteiger partial charge on any atom is -0.468 e. The predicted molar refractivity (Wildman–Crippen MR) is 95.1 cm³/mol. The van der Waals surface area contributed by atoms with E-state index in [-0.39, 0.29) is 5.91 Å². The van der Waals surface area contributed by atoms with Gasteiger partial charge in [-0.15, -0.1) is 11.8 Å². The van der Waals surface area contributed by atoms with Crippen LogP contribution in [0.2, 0.25) is 0 Å². The molecule has 0 unspecified atom stereocenters. The fourth-order valence-electron chi connectivity index (χ4n) is 3.03. The SMILES string of the molecule is CSc1ncccc1C(=O)NCC1CCN(Cc2ccco2)CC1. The van der Waals surface area contributed by atoms with Gasteiger partial charge in [-0.1, -0.05) is 0 Å². The van der Waals surface area contributed by atoms with Crippen LogP contribution in [0.5, 0.6) is 0 Å². The average molecular weight is 345 g/mol. The van der Waals surface area contributed by atoms with Crippen molar-refractivity contribution >= 4 is 17.7 Å². The number of nitrogens with one attached hydrogen (secondary N) is 1. The highest BCUT2D eigenvalue weighted by molar-refractivity contribution is 7.98. The van der Waals surface area contributed by atoms with Gasteiger partial charge in [0.2, 0.25) is 0 Å². The largest absolute Gasteiger partial charge is 0.468 e. The third-order valence-corrected chi connectivity index (χ3v) is 5.14. The highest BCUT2D eigenvalue weighted by atomic mass is 32.2. The number of nitrogens with zero attached hydrogens (tertiary/aromatic N) is 2. The summed E-state index contributed by atoms with van der Waals surface area (Å²) in [6.45, 7) is 3.70. The molecule has 0 atom stereocenters. The molecule has 5 nitrogen and oxygen atoms in total. The Bertz CT molecular complexity index is 652. The van der Waals surface area contributed by atoms with Gasteiger partial charge in [-0.05, 0) is 62.4 Å². The lowest BCUT2D eigenvalue weighted by Gasteiger charge is -2.31. The Labute approximate surface area is 146 Å². The zero-order valence-electron chi connectivity index (χ0n) is 13.9. The van der Waals surface area contributed by atoms with Gasteiger partial charge in [0.15, 0.2) is 0 Å². The van der Waals surface area contributed by atoms with Crippen LogP contribution in [0.25, 0.3) is 0 Å². The van der Waals surface area contributed by atoms with Gasteiger partial charge in [0.05, 0.1) is 18.4 Å². The zero-order chi connectivity index (χ0) is 16.8. The Morgan fingerprint density at radius 2 is 2.21 bits per heavy atom. The second-order valence-corrected chi connectivity index (χ2v) is 6.86. The summed E-state index contributed by atoms with van der Waals surface area (Å²) in [5, 5.41) is 3.86. The summed E-state index contributed by atoms with van der Waals surface area (Å²) in [4.78, 5) is 19.0. The highest BCUT2D eigenvalue weighted by Gasteiger charge is 2.21. The standard InChI is InChI=1S/C18H23N3O2S/c1-24-18-16(5-2-8-19-18)17(22)20-12-14-6-9-21(10-7-14)13-15-4-3-11-23-15/h2-5,8,11,14H,6-7,9-10,12-13H2,1H3,(H,20,22). The molecular weight excluding hydrogens is 322 g/mol. The molecule has 128 valence electrons. The first-order valence-corrected chi connectivity index (χ1v) is 9.50. The molecule has 1 amide bonds. The monoisotopic (exact) mass is 345 g/mol. The lowest BCUT2D eigenvalue weighted by Crippen LogP contribution is -2.38. The number of carbonyl (C=O) groups excluding carboxylic acids is 1. The van der Waals surface area contributed by atoms with Gasteiger partial charge < -0.3 is 9.73 Å². The summed E-state index contributed by atoms with van der Waals surface area (Å²) in [6, 6.07) is 7.59.